The normalized spacial score (nSPS) is 8.82. The first-order chi connectivity index (χ1) is 5.25. The third-order valence-corrected chi connectivity index (χ3v) is 1.15. The van der Waals surface area contributed by atoms with Crippen LogP contribution in [0.15, 0.2) is 10.8 Å². The molecule has 0 N–H and O–H groups in total. The van der Waals surface area contributed by atoms with Gasteiger partial charge in [-0.3, -0.25) is 4.79 Å². The zero-order valence-electron chi connectivity index (χ0n) is 5.81. The summed E-state index contributed by atoms with van der Waals surface area (Å²) in [5, 5.41) is 0. The van der Waals surface area contributed by atoms with Crippen LogP contribution >= 0.6 is 0 Å². The average molecular weight is 151 g/mol. The molecule has 11 heavy (non-hydrogen) atoms. The van der Waals surface area contributed by atoms with Crippen LogP contribution in [0.5, 0.6) is 0 Å². The lowest BCUT2D eigenvalue weighted by Gasteiger charge is -1.81. The summed E-state index contributed by atoms with van der Waals surface area (Å²) in [5.41, 5.74) is 8.19. The summed E-state index contributed by atoms with van der Waals surface area (Å²) in [6, 6.07) is 0. The van der Waals surface area contributed by atoms with Gasteiger partial charge < -0.3 is 9.95 Å². The van der Waals surface area contributed by atoms with Crippen LogP contribution in [-0.2, 0) is 0 Å². The van der Waals surface area contributed by atoms with Crippen LogP contribution in [-0.4, -0.2) is 21.8 Å². The quantitative estimate of drug-likeness (QED) is 0.266. The van der Waals surface area contributed by atoms with E-state index in [1.807, 2.05) is 0 Å². The Kier molecular flexibility index (Phi) is 1.94. The van der Waals surface area contributed by atoms with E-state index in [0.29, 0.717) is 5.76 Å². The predicted octanol–water partition coefficient (Wildman–Crippen LogP) is 0.466. The first kappa shape index (κ1) is 7.37. The molecule has 0 saturated heterocycles. The fourth-order valence-corrected chi connectivity index (χ4v) is 0.656. The Labute approximate surface area is 62.3 Å². The van der Waals surface area contributed by atoms with Crippen LogP contribution in [0, 0.1) is 6.92 Å². The monoisotopic (exact) mass is 151 g/mol. The molecule has 0 bridgehead atoms. The molecule has 0 aliphatic rings. The molecule has 1 heterocycles. The average Bonchev–Trinajstić information content (AvgIpc) is 2.36. The molecule has 1 rings (SSSR count). The van der Waals surface area contributed by atoms with Gasteiger partial charge in [0.1, 0.15) is 5.76 Å². The summed E-state index contributed by atoms with van der Waals surface area (Å²) in [7, 11) is 0. The third kappa shape index (κ3) is 1.39. The number of ketones is 1. The molecule has 0 atom stereocenters. The number of carbonyl (C=O) groups excluding carboxylic acids is 1. The number of oxazole rings is 1. The van der Waals surface area contributed by atoms with Crippen LogP contribution in [0.25, 0.3) is 5.53 Å². The Morgan fingerprint density at radius 3 is 3.09 bits per heavy atom. The number of hydrogen-bond donors (Lipinski definition) is 0. The van der Waals surface area contributed by atoms with Gasteiger partial charge in [0.15, 0.2) is 12.1 Å². The van der Waals surface area contributed by atoms with Crippen LogP contribution in [0.1, 0.15) is 16.2 Å². The van der Waals surface area contributed by atoms with Crippen molar-refractivity contribution in [3.05, 3.63) is 23.4 Å². The van der Waals surface area contributed by atoms with Crippen molar-refractivity contribution in [2.75, 3.05) is 0 Å². The Balaban J connectivity index is 3.02. The maximum absolute atomic E-state index is 10.9. The number of aromatic nitrogens is 1. The Hall–Kier alpha value is -1.74. The van der Waals surface area contributed by atoms with E-state index in [1.54, 1.807) is 6.92 Å². The van der Waals surface area contributed by atoms with E-state index >= 15 is 0 Å². The number of hydrogen-bond acceptors (Lipinski definition) is 3. The summed E-state index contributed by atoms with van der Waals surface area (Å²) >= 11 is 0. The van der Waals surface area contributed by atoms with Gasteiger partial charge in [-0.25, -0.2) is 4.98 Å². The highest BCUT2D eigenvalue weighted by Gasteiger charge is 2.13. The molecule has 0 spiro atoms. The molecule has 0 fully saturated rings. The van der Waals surface area contributed by atoms with Gasteiger partial charge in [0, 0.05) is 0 Å². The molecule has 0 amide bonds. The van der Waals surface area contributed by atoms with Crippen molar-refractivity contribution in [3.63, 3.8) is 0 Å². The second-order valence-corrected chi connectivity index (χ2v) is 1.87. The van der Waals surface area contributed by atoms with Gasteiger partial charge in [0.05, 0.1) is 0 Å². The van der Waals surface area contributed by atoms with Crippen molar-refractivity contribution in [3.8, 4) is 0 Å². The van der Waals surface area contributed by atoms with Gasteiger partial charge in [0.2, 0.25) is 0 Å². The summed E-state index contributed by atoms with van der Waals surface area (Å²) in [6.45, 7) is 1.60. The van der Waals surface area contributed by atoms with E-state index < -0.39 is 5.78 Å². The first-order valence-corrected chi connectivity index (χ1v) is 2.87. The highest BCUT2D eigenvalue weighted by molar-refractivity contribution is 6.33. The lowest BCUT2D eigenvalue weighted by molar-refractivity contribution is 0.00228. The van der Waals surface area contributed by atoms with Crippen molar-refractivity contribution in [1.82, 2.24) is 4.98 Å². The predicted molar refractivity (Wildman–Crippen MR) is 35.3 cm³/mol. The molecule has 1 aromatic rings. The van der Waals surface area contributed by atoms with Crippen molar-refractivity contribution in [2.24, 2.45) is 0 Å². The van der Waals surface area contributed by atoms with Crippen LogP contribution in [0.4, 0.5) is 0 Å². The maximum atomic E-state index is 10.9. The first-order valence-electron chi connectivity index (χ1n) is 2.87. The van der Waals surface area contributed by atoms with Gasteiger partial charge in [-0.2, -0.15) is 4.79 Å². The maximum Gasteiger partial charge on any atom is 0.329 e. The molecule has 1 aromatic heterocycles. The van der Waals surface area contributed by atoms with Gasteiger partial charge in [-0.05, 0) is 6.92 Å². The third-order valence-electron chi connectivity index (χ3n) is 1.15. The zero-order chi connectivity index (χ0) is 8.27. The molecule has 0 aromatic carbocycles. The molecule has 0 aliphatic heterocycles. The lowest BCUT2D eigenvalue weighted by Crippen LogP contribution is -2.02. The van der Waals surface area contributed by atoms with Crippen molar-refractivity contribution >= 4 is 12.0 Å². The van der Waals surface area contributed by atoms with Gasteiger partial charge >= 0.3 is 6.21 Å². The second-order valence-electron chi connectivity index (χ2n) is 1.87. The highest BCUT2D eigenvalue weighted by atomic mass is 16.3. The Bertz CT molecular complexity index is 322. The Morgan fingerprint density at radius 1 is 1.91 bits per heavy atom. The SMILES string of the molecule is Cc1ocnc1C(=O)C=[N+]=[N-]. The van der Waals surface area contributed by atoms with E-state index in [4.69, 9.17) is 9.95 Å². The standard InChI is InChI=1S/C6H5N3O2/c1-4-6(8-3-11-4)5(10)2-9-7/h2-3H,1H3. The molecule has 0 saturated carbocycles. The van der Waals surface area contributed by atoms with Crippen LogP contribution in [0.3, 0.4) is 0 Å². The molecule has 5 heteroatoms. The summed E-state index contributed by atoms with van der Waals surface area (Å²) in [6.07, 6.45) is 1.93. The minimum Gasteiger partial charge on any atom is -0.448 e. The van der Waals surface area contributed by atoms with Crippen molar-refractivity contribution in [1.29, 1.82) is 0 Å². The number of Topliss-reactive ketones (excluding diaryl/α,β-unsaturated/α-hetero) is 1. The van der Waals surface area contributed by atoms with Crippen molar-refractivity contribution < 1.29 is 14.0 Å². The molecular formula is C6H5N3O2. The lowest BCUT2D eigenvalue weighted by atomic mass is 10.3. The summed E-state index contributed by atoms with van der Waals surface area (Å²) in [5.74, 6) is -0.0614. The van der Waals surface area contributed by atoms with E-state index in [1.165, 1.54) is 0 Å². The molecule has 56 valence electrons. The van der Waals surface area contributed by atoms with E-state index in [0.717, 1.165) is 12.6 Å². The van der Waals surface area contributed by atoms with Crippen LogP contribution in [0.2, 0.25) is 0 Å². The number of nitrogens with zero attached hydrogens (tertiary/aromatic N) is 3. The summed E-state index contributed by atoms with van der Waals surface area (Å²) in [4.78, 5) is 17.1. The highest BCUT2D eigenvalue weighted by Crippen LogP contribution is 2.03. The fourth-order valence-electron chi connectivity index (χ4n) is 0.656. The minimum atomic E-state index is -0.473. The molecule has 0 aliphatic carbocycles. The fraction of sp³-hybridized carbons (Fsp3) is 0.167. The molecular weight excluding hydrogens is 146 g/mol. The number of carbonyl (C=O) groups is 1. The minimum absolute atomic E-state index is 0.169. The van der Waals surface area contributed by atoms with Gasteiger partial charge in [0.25, 0.3) is 5.78 Å². The van der Waals surface area contributed by atoms with E-state index in [9.17, 15) is 4.79 Å². The number of rotatable bonds is 2. The molecule has 0 unspecified atom stereocenters. The van der Waals surface area contributed by atoms with E-state index in [2.05, 4.69) is 9.77 Å². The molecule has 0 radical (unpaired) electrons. The number of aryl methyl sites for hydroxylation is 1. The summed E-state index contributed by atoms with van der Waals surface area (Å²) < 4.78 is 4.76. The van der Waals surface area contributed by atoms with Crippen LogP contribution < -0.4 is 0 Å². The van der Waals surface area contributed by atoms with E-state index in [-0.39, 0.29) is 5.69 Å². The topological polar surface area (TPSA) is 79.5 Å². The molecule has 5 nitrogen and oxygen atoms in total. The second kappa shape index (κ2) is 2.90. The van der Waals surface area contributed by atoms with Gasteiger partial charge in [-0.1, -0.05) is 0 Å². The largest absolute Gasteiger partial charge is 0.448 e. The smallest absolute Gasteiger partial charge is 0.329 e. The van der Waals surface area contributed by atoms with Crippen molar-refractivity contribution in [2.45, 2.75) is 6.92 Å². The Morgan fingerprint density at radius 2 is 2.64 bits per heavy atom. The van der Waals surface area contributed by atoms with Gasteiger partial charge in [-0.15, -0.1) is 0 Å². The zero-order valence-corrected chi connectivity index (χ0v) is 5.81.